The van der Waals surface area contributed by atoms with Crippen LogP contribution in [-0.4, -0.2) is 44.3 Å². The van der Waals surface area contributed by atoms with Crippen LogP contribution in [0.3, 0.4) is 0 Å². The van der Waals surface area contributed by atoms with Gasteiger partial charge in [0.1, 0.15) is 0 Å². The number of carbonyl (C=O) groups excluding carboxylic acids is 1. The minimum absolute atomic E-state index is 0.196. The van der Waals surface area contributed by atoms with Crippen molar-refractivity contribution in [1.82, 2.24) is 14.7 Å². The Morgan fingerprint density at radius 3 is 2.61 bits per heavy atom. The van der Waals surface area contributed by atoms with Crippen LogP contribution in [0.2, 0.25) is 0 Å². The Morgan fingerprint density at radius 2 is 1.93 bits per heavy atom. The van der Waals surface area contributed by atoms with Crippen LogP contribution in [0.5, 0.6) is 0 Å². The maximum atomic E-state index is 13.3. The first kappa shape index (κ1) is 20.0. The second-order valence-corrected chi connectivity index (χ2v) is 7.46. The van der Waals surface area contributed by atoms with E-state index in [0.29, 0.717) is 36.7 Å². The van der Waals surface area contributed by atoms with Crippen molar-refractivity contribution >= 4 is 22.6 Å². The number of carbonyl (C=O) groups is 2. The zero-order chi connectivity index (χ0) is 20.3. The Morgan fingerprint density at radius 1 is 1.21 bits per heavy atom. The second-order valence-electron chi connectivity index (χ2n) is 7.46. The zero-order valence-corrected chi connectivity index (χ0v) is 16.4. The number of likely N-dealkylation sites (tertiary alicyclic amines) is 1. The fourth-order valence-corrected chi connectivity index (χ4v) is 3.95. The molecule has 3 rings (SSSR count). The van der Waals surface area contributed by atoms with Crippen molar-refractivity contribution in [1.29, 1.82) is 0 Å². The number of nitrogens with zero attached hydrogens (tertiary/aromatic N) is 3. The number of carboxylic acid groups (broad SMARTS) is 1. The summed E-state index contributed by atoms with van der Waals surface area (Å²) >= 11 is 0. The van der Waals surface area contributed by atoms with Crippen molar-refractivity contribution in [3.63, 3.8) is 0 Å². The van der Waals surface area contributed by atoms with E-state index in [0.717, 1.165) is 19.3 Å². The number of rotatable bonds is 6. The van der Waals surface area contributed by atoms with Gasteiger partial charge in [0.25, 0.3) is 11.5 Å². The van der Waals surface area contributed by atoms with Gasteiger partial charge in [0, 0.05) is 24.5 Å². The normalized spacial score (nSPS) is 19.7. The molecule has 2 aromatic rings. The molecule has 0 spiro atoms. The average molecular weight is 385 g/mol. The minimum Gasteiger partial charge on any atom is -0.481 e. The van der Waals surface area contributed by atoms with Crippen molar-refractivity contribution in [2.75, 3.05) is 6.54 Å². The SMILES string of the molecule is CCCCCn1nc(C(=O)N2CCC[C@H](C(=O)O)[C@@H]2C)c2ccccc2c1=O. The molecule has 2 atom stereocenters. The zero-order valence-electron chi connectivity index (χ0n) is 16.4. The van der Waals surface area contributed by atoms with E-state index in [1.165, 1.54) is 4.68 Å². The lowest BCUT2D eigenvalue weighted by molar-refractivity contribution is -0.144. The molecule has 1 saturated heterocycles. The van der Waals surface area contributed by atoms with Gasteiger partial charge in [-0.25, -0.2) is 4.68 Å². The molecule has 0 unspecified atom stereocenters. The lowest BCUT2D eigenvalue weighted by Crippen LogP contribution is -2.49. The van der Waals surface area contributed by atoms with Crippen molar-refractivity contribution in [2.45, 2.75) is 58.5 Å². The van der Waals surface area contributed by atoms with Crippen LogP contribution in [0.15, 0.2) is 29.1 Å². The van der Waals surface area contributed by atoms with E-state index in [1.807, 2.05) is 0 Å². The molecule has 0 radical (unpaired) electrons. The second kappa shape index (κ2) is 8.54. The average Bonchev–Trinajstić information content (AvgIpc) is 2.69. The van der Waals surface area contributed by atoms with Gasteiger partial charge in [-0.2, -0.15) is 5.10 Å². The van der Waals surface area contributed by atoms with Crippen LogP contribution < -0.4 is 5.56 Å². The molecule has 1 N–H and O–H groups in total. The van der Waals surface area contributed by atoms with Gasteiger partial charge in [-0.1, -0.05) is 38.0 Å². The maximum absolute atomic E-state index is 13.3. The lowest BCUT2D eigenvalue weighted by Gasteiger charge is -2.37. The molecule has 7 heteroatoms. The smallest absolute Gasteiger partial charge is 0.308 e. The number of aromatic nitrogens is 2. The Balaban J connectivity index is 2.03. The van der Waals surface area contributed by atoms with Gasteiger partial charge in [0.05, 0.1) is 11.3 Å². The Bertz CT molecular complexity index is 937. The van der Waals surface area contributed by atoms with E-state index in [4.69, 9.17) is 0 Å². The molecule has 1 amide bonds. The highest BCUT2D eigenvalue weighted by atomic mass is 16.4. The largest absolute Gasteiger partial charge is 0.481 e. The van der Waals surface area contributed by atoms with Crippen LogP contribution in [0.4, 0.5) is 0 Å². The van der Waals surface area contributed by atoms with E-state index in [2.05, 4.69) is 12.0 Å². The highest BCUT2D eigenvalue weighted by Gasteiger charge is 2.36. The van der Waals surface area contributed by atoms with Crippen molar-refractivity contribution in [3.05, 3.63) is 40.3 Å². The highest BCUT2D eigenvalue weighted by molar-refractivity contribution is 6.05. The van der Waals surface area contributed by atoms with E-state index >= 15 is 0 Å². The summed E-state index contributed by atoms with van der Waals surface area (Å²) in [5.74, 6) is -1.77. The Kier molecular flexibility index (Phi) is 6.11. The number of aliphatic carboxylic acids is 1. The van der Waals surface area contributed by atoms with Gasteiger partial charge in [0.15, 0.2) is 5.69 Å². The predicted octanol–water partition coefficient (Wildman–Crippen LogP) is 2.91. The molecule has 1 fully saturated rings. The van der Waals surface area contributed by atoms with E-state index < -0.39 is 17.9 Å². The number of piperidine rings is 1. The molecular weight excluding hydrogens is 358 g/mol. The van der Waals surface area contributed by atoms with Gasteiger partial charge in [-0.05, 0) is 32.3 Å². The molecular formula is C21H27N3O4. The predicted molar refractivity (Wildman–Crippen MR) is 106 cm³/mol. The third kappa shape index (κ3) is 3.79. The summed E-state index contributed by atoms with van der Waals surface area (Å²) in [5, 5.41) is 14.9. The Labute approximate surface area is 164 Å². The molecule has 1 aliphatic rings. The highest BCUT2D eigenvalue weighted by Crippen LogP contribution is 2.26. The molecule has 0 bridgehead atoms. The van der Waals surface area contributed by atoms with E-state index in [-0.39, 0.29) is 17.2 Å². The first-order valence-corrected chi connectivity index (χ1v) is 9.99. The fraction of sp³-hybridized carbons (Fsp3) is 0.524. The molecule has 0 saturated carbocycles. The van der Waals surface area contributed by atoms with Gasteiger partial charge >= 0.3 is 5.97 Å². The summed E-state index contributed by atoms with van der Waals surface area (Å²) < 4.78 is 1.38. The number of benzene rings is 1. The van der Waals surface area contributed by atoms with Crippen molar-refractivity contribution < 1.29 is 14.7 Å². The van der Waals surface area contributed by atoms with E-state index in [1.54, 1.807) is 36.1 Å². The van der Waals surface area contributed by atoms with Crippen LogP contribution in [0.1, 0.15) is 56.4 Å². The quantitative estimate of drug-likeness (QED) is 0.772. The number of fused-ring (bicyclic) bond motifs is 1. The minimum atomic E-state index is -0.882. The van der Waals surface area contributed by atoms with Crippen molar-refractivity contribution in [3.8, 4) is 0 Å². The summed E-state index contributed by atoms with van der Waals surface area (Å²) in [4.78, 5) is 39.2. The summed E-state index contributed by atoms with van der Waals surface area (Å²) in [6.07, 6.45) is 4.02. The number of hydrogen-bond donors (Lipinski definition) is 1. The van der Waals surface area contributed by atoms with Crippen LogP contribution >= 0.6 is 0 Å². The van der Waals surface area contributed by atoms with E-state index in [9.17, 15) is 19.5 Å². The standard InChI is InChI=1S/C21H27N3O4/c1-3-4-7-13-24-19(25)17-10-6-5-9-16(17)18(22-24)20(26)23-12-8-11-15(14(23)2)21(27)28/h5-6,9-10,14-15H,3-4,7-8,11-13H2,1-2H3,(H,27,28)/t14-,15-/m0/s1. The fourth-order valence-electron chi connectivity index (χ4n) is 3.95. The third-order valence-corrected chi connectivity index (χ3v) is 5.61. The number of amides is 1. The monoisotopic (exact) mass is 385 g/mol. The number of carboxylic acids is 1. The molecule has 150 valence electrons. The van der Waals surface area contributed by atoms with Gasteiger partial charge in [-0.3, -0.25) is 14.4 Å². The summed E-state index contributed by atoms with van der Waals surface area (Å²) in [5.41, 5.74) is 0.0305. The molecule has 0 aliphatic carbocycles. The molecule has 7 nitrogen and oxygen atoms in total. The molecule has 1 aliphatic heterocycles. The lowest BCUT2D eigenvalue weighted by atomic mass is 9.90. The topological polar surface area (TPSA) is 92.5 Å². The maximum Gasteiger partial charge on any atom is 0.308 e. The third-order valence-electron chi connectivity index (χ3n) is 5.61. The number of unbranched alkanes of at least 4 members (excludes halogenated alkanes) is 2. The van der Waals surface area contributed by atoms with Crippen LogP contribution in [0, 0.1) is 5.92 Å². The van der Waals surface area contributed by atoms with Crippen LogP contribution in [0.25, 0.3) is 10.8 Å². The Hall–Kier alpha value is -2.70. The molecule has 2 heterocycles. The summed E-state index contributed by atoms with van der Waals surface area (Å²) in [6, 6.07) is 6.59. The van der Waals surface area contributed by atoms with Crippen molar-refractivity contribution in [2.24, 2.45) is 5.92 Å². The molecule has 1 aromatic carbocycles. The summed E-state index contributed by atoms with van der Waals surface area (Å²) in [7, 11) is 0. The van der Waals surface area contributed by atoms with Gasteiger partial charge < -0.3 is 10.0 Å². The van der Waals surface area contributed by atoms with Gasteiger partial charge in [-0.15, -0.1) is 0 Å². The molecule has 1 aromatic heterocycles. The van der Waals surface area contributed by atoms with Gasteiger partial charge in [0.2, 0.25) is 0 Å². The first-order chi connectivity index (χ1) is 13.5. The summed E-state index contributed by atoms with van der Waals surface area (Å²) in [6.45, 7) is 4.82. The first-order valence-electron chi connectivity index (χ1n) is 9.99. The number of hydrogen-bond acceptors (Lipinski definition) is 4. The molecule has 28 heavy (non-hydrogen) atoms. The van der Waals surface area contributed by atoms with Crippen LogP contribution in [-0.2, 0) is 11.3 Å². The number of aryl methyl sites for hydroxylation is 1.